The van der Waals surface area contributed by atoms with Crippen molar-refractivity contribution in [2.45, 2.75) is 39.5 Å². The van der Waals surface area contributed by atoms with Crippen molar-refractivity contribution < 1.29 is 14.7 Å². The van der Waals surface area contributed by atoms with E-state index in [2.05, 4.69) is 0 Å². The Morgan fingerprint density at radius 1 is 1.45 bits per heavy atom. The summed E-state index contributed by atoms with van der Waals surface area (Å²) in [6.07, 6.45) is 1.29. The molecule has 1 saturated carbocycles. The number of hydrogen-bond acceptors (Lipinski definition) is 2. The first-order valence-electron chi connectivity index (χ1n) is 7.02. The summed E-state index contributed by atoms with van der Waals surface area (Å²) in [6, 6.07) is 7.73. The highest BCUT2D eigenvalue weighted by Crippen LogP contribution is 2.67. The van der Waals surface area contributed by atoms with E-state index in [1.807, 2.05) is 52.0 Å². The number of hydrogen-bond donors (Lipinski definition) is 1. The third-order valence-electron chi connectivity index (χ3n) is 4.90. The Labute approximate surface area is 120 Å². The van der Waals surface area contributed by atoms with Crippen LogP contribution in [0.15, 0.2) is 24.3 Å². The number of carbonyl (C=O) groups excluding carboxylic acids is 1. The second-order valence-electron chi connectivity index (χ2n) is 6.67. The maximum Gasteiger partial charge on any atom is 0.314 e. The molecule has 1 aromatic rings. The number of rotatable bonds is 5. The summed E-state index contributed by atoms with van der Waals surface area (Å²) in [5.74, 6) is -0.754. The van der Waals surface area contributed by atoms with Crippen LogP contribution in [0.5, 0.6) is 0 Å². The summed E-state index contributed by atoms with van der Waals surface area (Å²) >= 11 is 0. The molecule has 0 bridgehead atoms. The van der Waals surface area contributed by atoms with Crippen LogP contribution in [-0.4, -0.2) is 17.4 Å². The fourth-order valence-corrected chi connectivity index (χ4v) is 3.99. The van der Waals surface area contributed by atoms with Crippen molar-refractivity contribution in [3.05, 3.63) is 35.4 Å². The van der Waals surface area contributed by atoms with Crippen LogP contribution in [0.25, 0.3) is 0 Å². The largest absolute Gasteiger partial charge is 0.481 e. The average molecular weight is 274 g/mol. The van der Waals surface area contributed by atoms with Gasteiger partial charge < -0.3 is 9.90 Å². The summed E-state index contributed by atoms with van der Waals surface area (Å²) in [6.45, 7) is 7.93. The summed E-state index contributed by atoms with van der Waals surface area (Å²) < 4.78 is 0. The quantitative estimate of drug-likeness (QED) is 0.839. The van der Waals surface area contributed by atoms with Gasteiger partial charge in [0.25, 0.3) is 0 Å². The van der Waals surface area contributed by atoms with Crippen LogP contribution in [0.4, 0.5) is 0 Å². The minimum atomic E-state index is -0.849. The first-order chi connectivity index (χ1) is 9.28. The zero-order valence-electron chi connectivity index (χ0n) is 12.5. The van der Waals surface area contributed by atoms with Gasteiger partial charge in [0.1, 0.15) is 6.29 Å². The highest BCUT2D eigenvalue weighted by Gasteiger charge is 2.72. The topological polar surface area (TPSA) is 54.4 Å². The molecule has 0 amide bonds. The van der Waals surface area contributed by atoms with Crippen molar-refractivity contribution in [1.29, 1.82) is 0 Å². The minimum Gasteiger partial charge on any atom is -0.481 e. The molecule has 1 aliphatic rings. The van der Waals surface area contributed by atoms with E-state index in [1.165, 1.54) is 0 Å². The number of aldehydes is 1. The van der Waals surface area contributed by atoms with E-state index in [0.717, 1.165) is 17.4 Å². The van der Waals surface area contributed by atoms with E-state index in [9.17, 15) is 14.7 Å². The molecule has 3 unspecified atom stereocenters. The van der Waals surface area contributed by atoms with E-state index in [4.69, 9.17) is 0 Å². The number of carboxylic acid groups (broad SMARTS) is 1. The van der Waals surface area contributed by atoms with Crippen LogP contribution in [0, 0.1) is 24.2 Å². The van der Waals surface area contributed by atoms with E-state index in [1.54, 1.807) is 0 Å². The Morgan fingerprint density at radius 2 is 2.10 bits per heavy atom. The van der Waals surface area contributed by atoms with E-state index in [-0.39, 0.29) is 17.3 Å². The number of benzene rings is 1. The molecule has 0 radical (unpaired) electrons. The van der Waals surface area contributed by atoms with Crippen LogP contribution in [0.1, 0.15) is 38.3 Å². The molecule has 0 heterocycles. The molecule has 3 nitrogen and oxygen atoms in total. The highest BCUT2D eigenvalue weighted by molar-refractivity contribution is 5.87. The molecule has 1 N–H and O–H groups in total. The Bertz CT molecular complexity index is 547. The lowest BCUT2D eigenvalue weighted by atomic mass is 9.78. The first-order valence-corrected chi connectivity index (χ1v) is 7.02. The van der Waals surface area contributed by atoms with Gasteiger partial charge in [-0.3, -0.25) is 4.79 Å². The predicted octanol–water partition coefficient (Wildman–Crippen LogP) is 3.20. The van der Waals surface area contributed by atoms with E-state index in [0.29, 0.717) is 6.42 Å². The summed E-state index contributed by atoms with van der Waals surface area (Å²) in [7, 11) is 0. The zero-order valence-corrected chi connectivity index (χ0v) is 12.5. The highest BCUT2D eigenvalue weighted by atomic mass is 16.4. The minimum absolute atomic E-state index is 0.0144. The van der Waals surface area contributed by atoms with Gasteiger partial charge in [0.15, 0.2) is 0 Å². The van der Waals surface area contributed by atoms with Gasteiger partial charge in [0, 0.05) is 6.42 Å². The molecular weight excluding hydrogens is 252 g/mol. The molecule has 1 aromatic carbocycles. The molecule has 1 fully saturated rings. The normalized spacial score (nSPS) is 29.0. The van der Waals surface area contributed by atoms with Crippen LogP contribution < -0.4 is 0 Å². The molecule has 20 heavy (non-hydrogen) atoms. The van der Waals surface area contributed by atoms with Crippen molar-refractivity contribution in [3.63, 3.8) is 0 Å². The zero-order chi connectivity index (χ0) is 15.1. The Balaban J connectivity index is 2.49. The van der Waals surface area contributed by atoms with Crippen LogP contribution in [0.3, 0.4) is 0 Å². The summed E-state index contributed by atoms with van der Waals surface area (Å²) in [4.78, 5) is 22.9. The Hall–Kier alpha value is -1.64. The van der Waals surface area contributed by atoms with Gasteiger partial charge in [-0.15, -0.1) is 0 Å². The average Bonchev–Trinajstić information content (AvgIpc) is 2.97. The molecule has 1 aliphatic carbocycles. The van der Waals surface area contributed by atoms with Gasteiger partial charge in [-0.05, 0) is 29.7 Å². The fraction of sp³-hybridized carbons (Fsp3) is 0.529. The Kier molecular flexibility index (Phi) is 3.49. The van der Waals surface area contributed by atoms with Crippen LogP contribution in [0.2, 0.25) is 0 Å². The molecule has 2 rings (SSSR count). The van der Waals surface area contributed by atoms with Gasteiger partial charge in [0.05, 0.1) is 5.41 Å². The molecule has 3 heteroatoms. The van der Waals surface area contributed by atoms with Gasteiger partial charge in [-0.1, -0.05) is 50.6 Å². The second kappa shape index (κ2) is 4.72. The molecule has 3 atom stereocenters. The first kappa shape index (κ1) is 14.8. The van der Waals surface area contributed by atoms with Crippen molar-refractivity contribution in [1.82, 2.24) is 0 Å². The lowest BCUT2D eigenvalue weighted by molar-refractivity contribution is -0.141. The molecule has 0 spiro atoms. The number of carbonyl (C=O) groups is 2. The number of aryl methyl sites for hydroxylation is 1. The monoisotopic (exact) mass is 274 g/mol. The maximum absolute atomic E-state index is 12.0. The van der Waals surface area contributed by atoms with Gasteiger partial charge in [-0.25, -0.2) is 0 Å². The maximum atomic E-state index is 12.0. The van der Waals surface area contributed by atoms with Crippen molar-refractivity contribution in [2.75, 3.05) is 0 Å². The van der Waals surface area contributed by atoms with Gasteiger partial charge >= 0.3 is 5.97 Å². The molecular formula is C17H22O3. The van der Waals surface area contributed by atoms with Crippen molar-refractivity contribution >= 4 is 12.3 Å². The second-order valence-corrected chi connectivity index (χ2v) is 6.67. The number of carboxylic acids is 1. The molecule has 0 aromatic heterocycles. The third-order valence-corrected chi connectivity index (χ3v) is 4.90. The standard InChI is InChI=1S/C17H22O3/c1-11-6-5-7-13(10-11)17(15(19)20)12(2)14(17)16(3,4)8-9-18/h5-7,9-10,12,14H,8H2,1-4H3,(H,19,20). The lowest BCUT2D eigenvalue weighted by Crippen LogP contribution is -2.29. The molecule has 0 aliphatic heterocycles. The summed E-state index contributed by atoms with van der Waals surface area (Å²) in [5, 5.41) is 9.83. The van der Waals surface area contributed by atoms with Gasteiger partial charge in [-0.2, -0.15) is 0 Å². The molecule has 108 valence electrons. The lowest BCUT2D eigenvalue weighted by Gasteiger charge is -2.25. The van der Waals surface area contributed by atoms with Crippen LogP contribution in [-0.2, 0) is 15.0 Å². The van der Waals surface area contributed by atoms with Crippen molar-refractivity contribution in [2.24, 2.45) is 17.3 Å². The number of aliphatic carboxylic acids is 1. The fourth-order valence-electron chi connectivity index (χ4n) is 3.99. The predicted molar refractivity (Wildman–Crippen MR) is 77.6 cm³/mol. The van der Waals surface area contributed by atoms with Gasteiger partial charge in [0.2, 0.25) is 0 Å². The van der Waals surface area contributed by atoms with Crippen molar-refractivity contribution in [3.8, 4) is 0 Å². The van der Waals surface area contributed by atoms with E-state index < -0.39 is 11.4 Å². The van der Waals surface area contributed by atoms with Crippen LogP contribution >= 0.6 is 0 Å². The Morgan fingerprint density at radius 3 is 2.60 bits per heavy atom. The van der Waals surface area contributed by atoms with E-state index >= 15 is 0 Å². The third kappa shape index (κ3) is 1.96. The summed E-state index contributed by atoms with van der Waals surface area (Å²) in [5.41, 5.74) is 0.776. The SMILES string of the molecule is Cc1cccc(C2(C(=O)O)C(C)C2C(C)(C)CC=O)c1. The molecule has 0 saturated heterocycles. The smallest absolute Gasteiger partial charge is 0.314 e.